The summed E-state index contributed by atoms with van der Waals surface area (Å²) < 4.78 is 0. The lowest BCUT2D eigenvalue weighted by Gasteiger charge is -2.19. The lowest BCUT2D eigenvalue weighted by Crippen LogP contribution is -2.41. The van der Waals surface area contributed by atoms with Crippen LogP contribution >= 0.6 is 0 Å². The van der Waals surface area contributed by atoms with Gasteiger partial charge in [-0.1, -0.05) is 6.92 Å². The molecule has 1 aromatic rings. The number of β-amino-alcohol motifs (C(OH)–C–C–N with tert-alkyl or cyclic N) is 1. The minimum atomic E-state index is -1.13. The largest absolute Gasteiger partial charge is 0.480 e. The third-order valence-electron chi connectivity index (χ3n) is 3.03. The van der Waals surface area contributed by atoms with Gasteiger partial charge in [-0.25, -0.2) is 9.78 Å². The monoisotopic (exact) mass is 268 g/mol. The summed E-state index contributed by atoms with van der Waals surface area (Å²) in [6.07, 6.45) is 0.751. The van der Waals surface area contributed by atoms with Crippen LogP contribution in [-0.4, -0.2) is 60.9 Å². The Morgan fingerprint density at radius 3 is 2.89 bits per heavy atom. The summed E-state index contributed by atoms with van der Waals surface area (Å²) in [5, 5.41) is 25.0. The number of carbonyl (C=O) groups excluding carboxylic acids is 1. The van der Waals surface area contributed by atoms with E-state index in [2.05, 4.69) is 15.2 Å². The van der Waals surface area contributed by atoms with Crippen molar-refractivity contribution in [3.63, 3.8) is 0 Å². The van der Waals surface area contributed by atoms with E-state index in [1.165, 1.54) is 0 Å². The molecule has 19 heavy (non-hydrogen) atoms. The number of hydrogen-bond donors (Lipinski definition) is 3. The van der Waals surface area contributed by atoms with Gasteiger partial charge in [0.2, 0.25) is 5.82 Å². The van der Waals surface area contributed by atoms with Gasteiger partial charge < -0.3 is 15.1 Å². The van der Waals surface area contributed by atoms with Crippen LogP contribution in [0.25, 0.3) is 0 Å². The molecule has 1 amide bonds. The summed E-state index contributed by atoms with van der Waals surface area (Å²) in [6.45, 7) is 1.97. The summed E-state index contributed by atoms with van der Waals surface area (Å²) in [6, 6.07) is -1.02. The van der Waals surface area contributed by atoms with Gasteiger partial charge in [0.05, 0.1) is 6.10 Å². The number of aliphatic carboxylic acids is 1. The Labute approximate surface area is 109 Å². The number of carbonyl (C=O) groups is 2. The number of aliphatic hydroxyl groups is 1. The number of carboxylic acids is 1. The van der Waals surface area contributed by atoms with E-state index in [-0.39, 0.29) is 18.8 Å². The van der Waals surface area contributed by atoms with Crippen molar-refractivity contribution in [1.29, 1.82) is 0 Å². The van der Waals surface area contributed by atoms with E-state index in [1.54, 1.807) is 0 Å². The summed E-state index contributed by atoms with van der Waals surface area (Å²) in [5.74, 6) is -1.15. The van der Waals surface area contributed by atoms with Crippen LogP contribution in [0.2, 0.25) is 0 Å². The van der Waals surface area contributed by atoms with Crippen molar-refractivity contribution in [2.24, 2.45) is 0 Å². The highest BCUT2D eigenvalue weighted by Crippen LogP contribution is 2.19. The number of nitrogens with one attached hydrogen (secondary N) is 1. The Morgan fingerprint density at radius 2 is 2.26 bits per heavy atom. The first-order valence-electron chi connectivity index (χ1n) is 6.16. The summed E-state index contributed by atoms with van der Waals surface area (Å²) >= 11 is 0. The number of H-pyrrole nitrogens is 1. The van der Waals surface area contributed by atoms with Crippen molar-refractivity contribution < 1.29 is 19.8 Å². The number of aryl methyl sites for hydroxylation is 1. The molecule has 0 aliphatic carbocycles. The first kappa shape index (κ1) is 13.5. The van der Waals surface area contributed by atoms with Gasteiger partial charge in [0, 0.05) is 19.4 Å². The Hall–Kier alpha value is -1.96. The van der Waals surface area contributed by atoms with Crippen molar-refractivity contribution >= 4 is 11.9 Å². The second kappa shape index (κ2) is 5.35. The molecule has 0 bridgehead atoms. The van der Waals surface area contributed by atoms with Crippen LogP contribution in [0.15, 0.2) is 0 Å². The molecule has 1 fully saturated rings. The van der Waals surface area contributed by atoms with Crippen molar-refractivity contribution in [3.05, 3.63) is 11.6 Å². The van der Waals surface area contributed by atoms with E-state index < -0.39 is 24.0 Å². The van der Waals surface area contributed by atoms with Crippen LogP contribution in [0.1, 0.15) is 36.2 Å². The van der Waals surface area contributed by atoms with Crippen LogP contribution in [0.5, 0.6) is 0 Å². The maximum Gasteiger partial charge on any atom is 0.326 e. The zero-order valence-corrected chi connectivity index (χ0v) is 10.5. The van der Waals surface area contributed by atoms with Gasteiger partial charge in [0.15, 0.2) is 0 Å². The number of aliphatic hydroxyl groups excluding tert-OH is 1. The predicted octanol–water partition coefficient (Wildman–Crippen LogP) is -0.583. The lowest BCUT2D eigenvalue weighted by molar-refractivity contribution is -0.141. The van der Waals surface area contributed by atoms with Gasteiger partial charge in [0.25, 0.3) is 5.91 Å². The standard InChI is InChI=1S/C11H16N4O4/c1-2-3-8-12-9(14-13-8)10(17)15-5-6(16)4-7(15)11(18)19/h6-7,16H,2-5H2,1H3,(H,18,19)(H,12,13,14)/t6?,7-/m0/s1. The van der Waals surface area contributed by atoms with Gasteiger partial charge in [-0.05, 0) is 6.42 Å². The summed E-state index contributed by atoms with van der Waals surface area (Å²) in [4.78, 5) is 28.3. The molecule has 1 saturated heterocycles. The quantitative estimate of drug-likeness (QED) is 0.672. The smallest absolute Gasteiger partial charge is 0.326 e. The molecule has 8 heteroatoms. The molecule has 1 aliphatic heterocycles. The van der Waals surface area contributed by atoms with Crippen LogP contribution in [0.3, 0.4) is 0 Å². The van der Waals surface area contributed by atoms with Crippen LogP contribution in [-0.2, 0) is 11.2 Å². The number of likely N-dealkylation sites (tertiary alicyclic amines) is 1. The van der Waals surface area contributed by atoms with Gasteiger partial charge in [-0.15, -0.1) is 5.10 Å². The topological polar surface area (TPSA) is 119 Å². The van der Waals surface area contributed by atoms with Gasteiger partial charge in [0.1, 0.15) is 11.9 Å². The number of amides is 1. The molecule has 0 radical (unpaired) electrons. The zero-order valence-electron chi connectivity index (χ0n) is 10.5. The Morgan fingerprint density at radius 1 is 1.53 bits per heavy atom. The molecule has 1 unspecified atom stereocenters. The van der Waals surface area contributed by atoms with Crippen molar-refractivity contribution in [1.82, 2.24) is 20.1 Å². The molecule has 2 rings (SSSR count). The van der Waals surface area contributed by atoms with Crippen molar-refractivity contribution in [3.8, 4) is 0 Å². The number of nitrogens with zero attached hydrogens (tertiary/aromatic N) is 3. The molecule has 0 spiro atoms. The van der Waals surface area contributed by atoms with E-state index in [1.807, 2.05) is 6.92 Å². The van der Waals surface area contributed by atoms with E-state index >= 15 is 0 Å². The third kappa shape index (κ3) is 2.73. The maximum atomic E-state index is 12.1. The molecule has 2 heterocycles. The minimum absolute atomic E-state index is 0.00650. The summed E-state index contributed by atoms with van der Waals surface area (Å²) in [7, 11) is 0. The third-order valence-corrected chi connectivity index (χ3v) is 3.03. The Bertz CT molecular complexity index is 487. The van der Waals surface area contributed by atoms with Gasteiger partial charge in [-0.3, -0.25) is 9.89 Å². The SMILES string of the molecule is CCCc1nc(C(=O)N2CC(O)C[C@H]2C(=O)O)n[nH]1. The number of hydrogen-bond acceptors (Lipinski definition) is 5. The molecule has 1 aliphatic rings. The second-order valence-corrected chi connectivity index (χ2v) is 4.56. The molecule has 104 valence electrons. The van der Waals surface area contributed by atoms with E-state index in [0.717, 1.165) is 11.3 Å². The molecule has 0 saturated carbocycles. The highest BCUT2D eigenvalue weighted by molar-refractivity contribution is 5.94. The van der Waals surface area contributed by atoms with Crippen LogP contribution < -0.4 is 0 Å². The van der Waals surface area contributed by atoms with E-state index in [4.69, 9.17) is 5.11 Å². The highest BCUT2D eigenvalue weighted by Gasteiger charge is 2.40. The van der Waals surface area contributed by atoms with Gasteiger partial charge >= 0.3 is 5.97 Å². The molecule has 2 atom stereocenters. The van der Waals surface area contributed by atoms with Crippen molar-refractivity contribution in [2.75, 3.05) is 6.54 Å². The number of aromatic amines is 1. The Balaban J connectivity index is 2.15. The molecular weight excluding hydrogens is 252 g/mol. The normalized spacial score (nSPS) is 22.7. The lowest BCUT2D eigenvalue weighted by atomic mass is 10.2. The average molecular weight is 268 g/mol. The van der Waals surface area contributed by atoms with E-state index in [0.29, 0.717) is 12.2 Å². The highest BCUT2D eigenvalue weighted by atomic mass is 16.4. The van der Waals surface area contributed by atoms with Gasteiger partial charge in [-0.2, -0.15) is 0 Å². The number of aromatic nitrogens is 3. The molecule has 3 N–H and O–H groups in total. The maximum absolute atomic E-state index is 12.1. The fourth-order valence-corrected chi connectivity index (χ4v) is 2.14. The second-order valence-electron chi connectivity index (χ2n) is 4.56. The fraction of sp³-hybridized carbons (Fsp3) is 0.636. The molecule has 0 aromatic carbocycles. The molecular formula is C11H16N4O4. The average Bonchev–Trinajstić information content (AvgIpc) is 2.95. The molecule has 1 aromatic heterocycles. The van der Waals surface area contributed by atoms with Crippen molar-refractivity contribution in [2.45, 2.75) is 38.3 Å². The number of carboxylic acid groups (broad SMARTS) is 1. The predicted molar refractivity (Wildman–Crippen MR) is 63.5 cm³/mol. The molecule has 8 nitrogen and oxygen atoms in total. The van der Waals surface area contributed by atoms with Crippen LogP contribution in [0, 0.1) is 0 Å². The van der Waals surface area contributed by atoms with Crippen LogP contribution in [0.4, 0.5) is 0 Å². The zero-order chi connectivity index (χ0) is 14.0. The fourth-order valence-electron chi connectivity index (χ4n) is 2.14. The summed E-state index contributed by atoms with van der Waals surface area (Å²) in [5.41, 5.74) is 0. The number of rotatable bonds is 4. The first-order valence-corrected chi connectivity index (χ1v) is 6.16. The Kier molecular flexibility index (Phi) is 3.79. The first-order chi connectivity index (χ1) is 9.02. The minimum Gasteiger partial charge on any atom is -0.480 e. The van der Waals surface area contributed by atoms with E-state index in [9.17, 15) is 14.7 Å².